The molecule has 164 valence electrons. The average molecular weight is 460 g/mol. The summed E-state index contributed by atoms with van der Waals surface area (Å²) in [6.45, 7) is 3.77. The van der Waals surface area contributed by atoms with Gasteiger partial charge in [0.15, 0.2) is 0 Å². The van der Waals surface area contributed by atoms with Crippen LogP contribution in [-0.2, 0) is 12.7 Å². The molecule has 1 amide bonds. The van der Waals surface area contributed by atoms with Crippen LogP contribution >= 0.6 is 22.9 Å². The second-order valence-corrected chi connectivity index (χ2v) is 9.31. The summed E-state index contributed by atoms with van der Waals surface area (Å²) in [4.78, 5) is 19.3. The average Bonchev–Trinajstić information content (AvgIpc) is 3.07. The number of aryl methyl sites for hydroxylation is 1. The molecule has 1 aliphatic rings. The van der Waals surface area contributed by atoms with E-state index in [9.17, 15) is 18.0 Å². The monoisotopic (exact) mass is 459 g/mol. The van der Waals surface area contributed by atoms with Crippen molar-refractivity contribution in [3.05, 3.63) is 50.4 Å². The molecule has 0 saturated heterocycles. The number of hydrogen-bond acceptors (Lipinski definition) is 4. The van der Waals surface area contributed by atoms with E-state index in [-0.39, 0.29) is 16.6 Å². The number of halogens is 4. The fourth-order valence-corrected chi connectivity index (χ4v) is 4.89. The van der Waals surface area contributed by atoms with Crippen molar-refractivity contribution in [3.8, 4) is 0 Å². The molecule has 0 unspecified atom stereocenters. The number of rotatable bonds is 6. The van der Waals surface area contributed by atoms with Gasteiger partial charge in [-0.2, -0.15) is 13.2 Å². The molecule has 30 heavy (non-hydrogen) atoms. The normalized spacial score (nSPS) is 19.8. The molecule has 1 aromatic carbocycles. The summed E-state index contributed by atoms with van der Waals surface area (Å²) in [5.74, 6) is -0.0211. The number of carbonyl (C=O) groups excluding carboxylic acids is 1. The zero-order valence-corrected chi connectivity index (χ0v) is 18.5. The highest BCUT2D eigenvalue weighted by Gasteiger charge is 2.32. The van der Waals surface area contributed by atoms with E-state index in [0.717, 1.165) is 67.7 Å². The second kappa shape index (κ2) is 9.66. The molecule has 1 N–H and O–H groups in total. The summed E-state index contributed by atoms with van der Waals surface area (Å²) in [5.41, 5.74) is 0.0341. The lowest BCUT2D eigenvalue weighted by Gasteiger charge is -2.31. The van der Waals surface area contributed by atoms with Crippen LogP contribution in [0.3, 0.4) is 0 Å². The Morgan fingerprint density at radius 3 is 2.60 bits per heavy atom. The lowest BCUT2D eigenvalue weighted by Crippen LogP contribution is -2.39. The maximum Gasteiger partial charge on any atom is 0.416 e. The van der Waals surface area contributed by atoms with Crippen molar-refractivity contribution in [2.24, 2.45) is 5.92 Å². The molecule has 3 rings (SSSR count). The summed E-state index contributed by atoms with van der Waals surface area (Å²) in [7, 11) is 2.08. The van der Waals surface area contributed by atoms with Gasteiger partial charge in [-0.05, 0) is 63.8 Å². The quantitative estimate of drug-likeness (QED) is 0.616. The highest BCUT2D eigenvalue weighted by Crippen LogP contribution is 2.32. The zero-order chi connectivity index (χ0) is 21.9. The number of carbonyl (C=O) groups is 1. The van der Waals surface area contributed by atoms with Gasteiger partial charge in [-0.3, -0.25) is 9.69 Å². The minimum Gasteiger partial charge on any atom is -0.349 e. The number of benzene rings is 1. The predicted molar refractivity (Wildman–Crippen MR) is 113 cm³/mol. The van der Waals surface area contributed by atoms with Crippen molar-refractivity contribution in [1.29, 1.82) is 0 Å². The van der Waals surface area contributed by atoms with Gasteiger partial charge in [0, 0.05) is 23.7 Å². The Labute approximate surface area is 183 Å². The molecule has 9 heteroatoms. The van der Waals surface area contributed by atoms with Crippen molar-refractivity contribution < 1.29 is 18.0 Å². The Kier molecular flexibility index (Phi) is 7.42. The maximum absolute atomic E-state index is 12.9. The van der Waals surface area contributed by atoms with Gasteiger partial charge in [0.25, 0.3) is 5.91 Å². The number of aromatic nitrogens is 1. The molecular formula is C21H25ClF3N3OS. The van der Waals surface area contributed by atoms with Gasteiger partial charge in [-0.25, -0.2) is 4.98 Å². The van der Waals surface area contributed by atoms with Crippen LogP contribution < -0.4 is 5.32 Å². The molecule has 1 saturated carbocycles. The first-order valence-electron chi connectivity index (χ1n) is 9.89. The van der Waals surface area contributed by atoms with Crippen LogP contribution in [0.4, 0.5) is 13.2 Å². The number of amides is 1. The largest absolute Gasteiger partial charge is 0.416 e. The van der Waals surface area contributed by atoms with Gasteiger partial charge >= 0.3 is 6.18 Å². The third-order valence-corrected chi connectivity index (χ3v) is 6.64. The van der Waals surface area contributed by atoms with E-state index >= 15 is 0 Å². The van der Waals surface area contributed by atoms with E-state index in [0.29, 0.717) is 5.92 Å². The molecule has 0 radical (unpaired) electrons. The first-order valence-corrected chi connectivity index (χ1v) is 11.1. The van der Waals surface area contributed by atoms with Gasteiger partial charge in [0.05, 0.1) is 22.7 Å². The van der Waals surface area contributed by atoms with Crippen molar-refractivity contribution >= 4 is 28.8 Å². The van der Waals surface area contributed by atoms with Crippen LogP contribution in [-0.4, -0.2) is 35.4 Å². The van der Waals surface area contributed by atoms with Crippen LogP contribution in [0.25, 0.3) is 0 Å². The van der Waals surface area contributed by atoms with E-state index < -0.39 is 17.6 Å². The summed E-state index contributed by atoms with van der Waals surface area (Å²) in [5, 5.41) is 6.03. The van der Waals surface area contributed by atoms with Crippen LogP contribution in [0.15, 0.2) is 23.6 Å². The Morgan fingerprint density at radius 2 is 2.00 bits per heavy atom. The van der Waals surface area contributed by atoms with Crippen LogP contribution in [0, 0.1) is 12.8 Å². The van der Waals surface area contributed by atoms with E-state index in [4.69, 9.17) is 11.6 Å². The second-order valence-electron chi connectivity index (χ2n) is 7.96. The molecule has 2 aromatic rings. The lowest BCUT2D eigenvalue weighted by atomic mass is 9.85. The highest BCUT2D eigenvalue weighted by molar-refractivity contribution is 7.09. The van der Waals surface area contributed by atoms with E-state index in [1.165, 1.54) is 0 Å². The van der Waals surface area contributed by atoms with E-state index in [2.05, 4.69) is 22.2 Å². The fraction of sp³-hybridized carbons (Fsp3) is 0.524. The van der Waals surface area contributed by atoms with Gasteiger partial charge in [0.1, 0.15) is 5.01 Å². The molecule has 0 spiro atoms. The minimum absolute atomic E-state index is 0.0215. The molecule has 1 aliphatic carbocycles. The lowest BCUT2D eigenvalue weighted by molar-refractivity contribution is -0.137. The van der Waals surface area contributed by atoms with Gasteiger partial charge in [-0.15, -0.1) is 11.3 Å². The summed E-state index contributed by atoms with van der Waals surface area (Å²) < 4.78 is 38.8. The van der Waals surface area contributed by atoms with E-state index in [1.54, 1.807) is 11.3 Å². The molecule has 0 atom stereocenters. The summed E-state index contributed by atoms with van der Waals surface area (Å²) in [6.07, 6.45) is -0.986. The topological polar surface area (TPSA) is 45.2 Å². The predicted octanol–water partition coefficient (Wildman–Crippen LogP) is 5.54. The standard InChI is InChI=1S/C21H25ClF3N3OS/c1-13-12-30-19(26-13)11-28(2)10-14-3-6-16(7-4-14)27-20(29)17-9-15(21(23,24)25)5-8-18(17)22/h5,8-9,12,14,16H,3-4,6-7,10-11H2,1-2H3,(H,27,29). The molecule has 1 aromatic heterocycles. The number of hydrogen-bond donors (Lipinski definition) is 1. The Morgan fingerprint density at radius 1 is 1.30 bits per heavy atom. The number of nitrogens with zero attached hydrogens (tertiary/aromatic N) is 2. The maximum atomic E-state index is 12.9. The smallest absolute Gasteiger partial charge is 0.349 e. The van der Waals surface area contributed by atoms with Crippen molar-refractivity contribution in [3.63, 3.8) is 0 Å². The Hall–Kier alpha value is -1.64. The molecular weight excluding hydrogens is 435 g/mol. The highest BCUT2D eigenvalue weighted by atomic mass is 35.5. The minimum atomic E-state index is -4.51. The van der Waals surface area contributed by atoms with Gasteiger partial charge < -0.3 is 5.32 Å². The number of alkyl halides is 3. The van der Waals surface area contributed by atoms with Crippen LogP contribution in [0.1, 0.15) is 52.3 Å². The summed E-state index contributed by atoms with van der Waals surface area (Å²) in [6, 6.07) is 2.77. The summed E-state index contributed by atoms with van der Waals surface area (Å²) >= 11 is 7.64. The number of nitrogens with one attached hydrogen (secondary N) is 1. The Bertz CT molecular complexity index is 879. The van der Waals surface area contributed by atoms with Crippen molar-refractivity contribution in [2.45, 2.75) is 51.4 Å². The molecule has 1 heterocycles. The first kappa shape index (κ1) is 23.0. The third-order valence-electron chi connectivity index (χ3n) is 5.36. The zero-order valence-electron chi connectivity index (χ0n) is 16.9. The van der Waals surface area contributed by atoms with E-state index in [1.807, 2.05) is 12.3 Å². The molecule has 1 fully saturated rings. The third kappa shape index (κ3) is 6.18. The fourth-order valence-electron chi connectivity index (χ4n) is 3.84. The Balaban J connectivity index is 1.49. The first-order chi connectivity index (χ1) is 14.1. The van der Waals surface area contributed by atoms with Crippen LogP contribution in [0.2, 0.25) is 5.02 Å². The van der Waals surface area contributed by atoms with Crippen molar-refractivity contribution in [2.75, 3.05) is 13.6 Å². The van der Waals surface area contributed by atoms with Gasteiger partial charge in [-0.1, -0.05) is 11.6 Å². The molecule has 0 bridgehead atoms. The van der Waals surface area contributed by atoms with Crippen molar-refractivity contribution in [1.82, 2.24) is 15.2 Å². The SMILES string of the molecule is Cc1csc(CN(C)CC2CCC(NC(=O)c3cc(C(F)(F)F)ccc3Cl)CC2)n1. The molecule has 0 aliphatic heterocycles. The molecule has 4 nitrogen and oxygen atoms in total. The van der Waals surface area contributed by atoms with Gasteiger partial charge in [0.2, 0.25) is 0 Å². The number of thiazole rings is 1. The van der Waals surface area contributed by atoms with Crippen LogP contribution in [0.5, 0.6) is 0 Å².